The predicted octanol–water partition coefficient (Wildman–Crippen LogP) is 0.931. The summed E-state index contributed by atoms with van der Waals surface area (Å²) in [6.07, 6.45) is -0.161. The van der Waals surface area contributed by atoms with Gasteiger partial charge in [-0.3, -0.25) is 4.79 Å². The number of carbonyl (C=O) groups excluding carboxylic acids is 1. The minimum absolute atomic E-state index is 0.161. The zero-order valence-electron chi connectivity index (χ0n) is 12.7. The average Bonchev–Trinajstić information content (AvgIpc) is 2.51. The molecule has 1 unspecified atom stereocenters. The topological polar surface area (TPSA) is 94.1 Å². The van der Waals surface area contributed by atoms with Crippen LogP contribution in [0.1, 0.15) is 17.3 Å². The Morgan fingerprint density at radius 3 is 2.68 bits per heavy atom. The quantitative estimate of drug-likeness (QED) is 0.624. The molecule has 122 valence electrons. The van der Waals surface area contributed by atoms with Gasteiger partial charge in [0.05, 0.1) is 24.9 Å². The van der Waals surface area contributed by atoms with E-state index in [-0.39, 0.29) is 23.3 Å². The van der Waals surface area contributed by atoms with Gasteiger partial charge in [-0.25, -0.2) is 4.79 Å². The van der Waals surface area contributed by atoms with Crippen molar-refractivity contribution in [3.8, 4) is 5.75 Å². The SMILES string of the molecule is COCCOC(C)CNC(=O)c1ccccc1OCC(=O)O. The number of aliphatic carboxylic acids is 1. The summed E-state index contributed by atoms with van der Waals surface area (Å²) in [7, 11) is 1.59. The molecule has 0 aliphatic heterocycles. The van der Waals surface area contributed by atoms with Crippen molar-refractivity contribution in [2.75, 3.05) is 33.5 Å². The highest BCUT2D eigenvalue weighted by molar-refractivity contribution is 5.97. The van der Waals surface area contributed by atoms with Crippen molar-refractivity contribution in [3.63, 3.8) is 0 Å². The number of hydrogen-bond acceptors (Lipinski definition) is 5. The predicted molar refractivity (Wildman–Crippen MR) is 79.2 cm³/mol. The number of para-hydroxylation sites is 1. The van der Waals surface area contributed by atoms with Crippen LogP contribution in [-0.2, 0) is 14.3 Å². The Labute approximate surface area is 129 Å². The summed E-state index contributed by atoms with van der Waals surface area (Å²) in [6.45, 7) is 2.61. The van der Waals surface area contributed by atoms with Crippen LogP contribution in [0, 0.1) is 0 Å². The molecule has 1 aromatic rings. The molecule has 0 saturated heterocycles. The van der Waals surface area contributed by atoms with Crippen molar-refractivity contribution in [1.29, 1.82) is 0 Å². The number of carboxylic acids is 1. The van der Waals surface area contributed by atoms with Crippen LogP contribution in [0.5, 0.6) is 5.75 Å². The normalized spacial score (nSPS) is 11.7. The Bertz CT molecular complexity index is 491. The fourth-order valence-electron chi connectivity index (χ4n) is 1.64. The van der Waals surface area contributed by atoms with E-state index in [0.29, 0.717) is 19.8 Å². The Hall–Kier alpha value is -2.12. The molecule has 7 nitrogen and oxygen atoms in total. The average molecular weight is 311 g/mol. The third kappa shape index (κ3) is 6.55. The van der Waals surface area contributed by atoms with Gasteiger partial charge in [-0.2, -0.15) is 0 Å². The summed E-state index contributed by atoms with van der Waals surface area (Å²) in [4.78, 5) is 22.7. The third-order valence-corrected chi connectivity index (χ3v) is 2.72. The molecular formula is C15H21NO6. The summed E-state index contributed by atoms with van der Waals surface area (Å²) in [5.41, 5.74) is 0.285. The molecule has 1 rings (SSSR count). The monoisotopic (exact) mass is 311 g/mol. The number of carbonyl (C=O) groups is 2. The second-order valence-corrected chi connectivity index (χ2v) is 4.56. The fourth-order valence-corrected chi connectivity index (χ4v) is 1.64. The lowest BCUT2D eigenvalue weighted by atomic mass is 10.2. The van der Waals surface area contributed by atoms with Crippen LogP contribution < -0.4 is 10.1 Å². The van der Waals surface area contributed by atoms with Gasteiger partial charge in [0.1, 0.15) is 5.75 Å². The summed E-state index contributed by atoms with van der Waals surface area (Å²) < 4.78 is 15.4. The smallest absolute Gasteiger partial charge is 0.341 e. The van der Waals surface area contributed by atoms with E-state index in [0.717, 1.165) is 0 Å². The van der Waals surface area contributed by atoms with Crippen molar-refractivity contribution in [3.05, 3.63) is 29.8 Å². The maximum absolute atomic E-state index is 12.1. The van der Waals surface area contributed by atoms with Crippen LogP contribution >= 0.6 is 0 Å². The number of amides is 1. The van der Waals surface area contributed by atoms with Crippen LogP contribution in [0.25, 0.3) is 0 Å². The molecular weight excluding hydrogens is 290 g/mol. The molecule has 0 heterocycles. The lowest BCUT2D eigenvalue weighted by molar-refractivity contribution is -0.139. The van der Waals surface area contributed by atoms with Crippen LogP contribution in [0.2, 0.25) is 0 Å². The van der Waals surface area contributed by atoms with Gasteiger partial charge in [0.15, 0.2) is 6.61 Å². The maximum atomic E-state index is 12.1. The first kappa shape index (κ1) is 17.9. The highest BCUT2D eigenvalue weighted by Crippen LogP contribution is 2.17. The molecule has 0 radical (unpaired) electrons. The Kier molecular flexibility index (Phi) is 7.95. The Morgan fingerprint density at radius 2 is 2.00 bits per heavy atom. The highest BCUT2D eigenvalue weighted by Gasteiger charge is 2.14. The minimum Gasteiger partial charge on any atom is -0.481 e. The van der Waals surface area contributed by atoms with E-state index in [1.807, 2.05) is 6.92 Å². The standard InChI is InChI=1S/C15H21NO6/c1-11(21-8-7-20-2)9-16-15(19)12-5-3-4-6-13(12)22-10-14(17)18/h3-6,11H,7-10H2,1-2H3,(H,16,19)(H,17,18). The van der Waals surface area contributed by atoms with E-state index in [4.69, 9.17) is 19.3 Å². The van der Waals surface area contributed by atoms with Gasteiger partial charge < -0.3 is 24.6 Å². The van der Waals surface area contributed by atoms with Crippen molar-refractivity contribution in [2.24, 2.45) is 0 Å². The number of hydrogen-bond donors (Lipinski definition) is 2. The first-order valence-corrected chi connectivity index (χ1v) is 6.87. The van der Waals surface area contributed by atoms with Crippen molar-refractivity contribution in [2.45, 2.75) is 13.0 Å². The van der Waals surface area contributed by atoms with Gasteiger partial charge in [0.2, 0.25) is 0 Å². The molecule has 0 spiro atoms. The number of methoxy groups -OCH3 is 1. The number of ether oxygens (including phenoxy) is 3. The van der Waals surface area contributed by atoms with Gasteiger partial charge in [-0.05, 0) is 19.1 Å². The fraction of sp³-hybridized carbons (Fsp3) is 0.467. The number of carboxylic acid groups (broad SMARTS) is 1. The second kappa shape index (κ2) is 9.75. The van der Waals surface area contributed by atoms with Crippen LogP contribution in [-0.4, -0.2) is 56.6 Å². The molecule has 2 N–H and O–H groups in total. The maximum Gasteiger partial charge on any atom is 0.341 e. The van der Waals surface area contributed by atoms with E-state index in [2.05, 4.69) is 5.32 Å². The van der Waals surface area contributed by atoms with Crippen LogP contribution in [0.15, 0.2) is 24.3 Å². The largest absolute Gasteiger partial charge is 0.481 e. The molecule has 1 aromatic carbocycles. The zero-order valence-corrected chi connectivity index (χ0v) is 12.7. The molecule has 22 heavy (non-hydrogen) atoms. The third-order valence-electron chi connectivity index (χ3n) is 2.72. The van der Waals surface area contributed by atoms with Gasteiger partial charge in [0, 0.05) is 13.7 Å². The van der Waals surface area contributed by atoms with Crippen molar-refractivity contribution < 1.29 is 28.9 Å². The van der Waals surface area contributed by atoms with E-state index in [1.165, 1.54) is 0 Å². The minimum atomic E-state index is -1.10. The van der Waals surface area contributed by atoms with E-state index in [9.17, 15) is 9.59 Å². The molecule has 0 bridgehead atoms. The van der Waals surface area contributed by atoms with E-state index in [1.54, 1.807) is 31.4 Å². The molecule has 1 amide bonds. The van der Waals surface area contributed by atoms with Crippen LogP contribution in [0.4, 0.5) is 0 Å². The van der Waals surface area contributed by atoms with E-state index < -0.39 is 12.6 Å². The Balaban J connectivity index is 2.52. The zero-order chi connectivity index (χ0) is 16.4. The van der Waals surface area contributed by atoms with Crippen LogP contribution in [0.3, 0.4) is 0 Å². The van der Waals surface area contributed by atoms with Crippen molar-refractivity contribution >= 4 is 11.9 Å². The first-order chi connectivity index (χ1) is 10.5. The number of rotatable bonds is 10. The molecule has 0 aliphatic carbocycles. The van der Waals surface area contributed by atoms with Gasteiger partial charge in [-0.15, -0.1) is 0 Å². The summed E-state index contributed by atoms with van der Waals surface area (Å²) >= 11 is 0. The molecule has 0 fully saturated rings. The lowest BCUT2D eigenvalue weighted by Gasteiger charge is -2.15. The van der Waals surface area contributed by atoms with E-state index >= 15 is 0 Å². The first-order valence-electron chi connectivity index (χ1n) is 6.87. The molecule has 7 heteroatoms. The lowest BCUT2D eigenvalue weighted by Crippen LogP contribution is -2.33. The number of benzene rings is 1. The Morgan fingerprint density at radius 1 is 1.27 bits per heavy atom. The van der Waals surface area contributed by atoms with Gasteiger partial charge in [0.25, 0.3) is 5.91 Å². The van der Waals surface area contributed by atoms with Gasteiger partial charge >= 0.3 is 5.97 Å². The molecule has 0 saturated carbocycles. The highest BCUT2D eigenvalue weighted by atomic mass is 16.5. The summed E-state index contributed by atoms with van der Waals surface area (Å²) in [6, 6.07) is 6.48. The van der Waals surface area contributed by atoms with Crippen molar-refractivity contribution in [1.82, 2.24) is 5.32 Å². The molecule has 0 aliphatic rings. The summed E-state index contributed by atoms with van der Waals surface area (Å²) in [5.74, 6) is -1.21. The van der Waals surface area contributed by atoms with Gasteiger partial charge in [-0.1, -0.05) is 12.1 Å². The molecule has 0 aromatic heterocycles. The summed E-state index contributed by atoms with van der Waals surface area (Å²) in [5, 5.41) is 11.4. The second-order valence-electron chi connectivity index (χ2n) is 4.56. The number of nitrogens with one attached hydrogen (secondary N) is 1. The molecule has 1 atom stereocenters.